The lowest BCUT2D eigenvalue weighted by atomic mass is 9.89. The summed E-state index contributed by atoms with van der Waals surface area (Å²) in [7, 11) is 2.02. The Bertz CT molecular complexity index is 1740. The van der Waals surface area contributed by atoms with Crippen LogP contribution < -0.4 is 10.2 Å². The van der Waals surface area contributed by atoms with Crippen LogP contribution in [-0.4, -0.2) is 92.1 Å². The molecule has 4 aromatic heterocycles. The molecule has 0 spiro atoms. The van der Waals surface area contributed by atoms with E-state index in [9.17, 15) is 9.90 Å². The SMILES string of the molecule is CN(Cc1ccccc1)c1cc(-c2cn(CCN3CCOCC3)c3ncccc23)nc2c(C(=O)N[C@@H]3CCC3O)cnn12. The summed E-state index contributed by atoms with van der Waals surface area (Å²) in [6.45, 7) is 5.73. The molecule has 2 atom stereocenters. The van der Waals surface area contributed by atoms with Crippen molar-refractivity contribution in [3.8, 4) is 11.3 Å². The molecule has 7 rings (SSSR count). The Labute approximate surface area is 249 Å². The van der Waals surface area contributed by atoms with E-state index in [0.717, 1.165) is 79.5 Å². The molecule has 5 aromatic rings. The van der Waals surface area contributed by atoms with E-state index < -0.39 is 6.10 Å². The standard InChI is InChI=1S/C32H36N8O3/c1-37(20-22-6-3-2-4-7-22)29-18-27(35-31-24(19-34-40(29)31)32(42)36-26-9-10-28(26)41)25-21-39(30-23(25)8-5-11-33-30)13-12-38-14-16-43-17-15-38/h2-8,11,18-19,21,26,28,41H,9-10,12-17,20H2,1H3,(H,36,42)/t26-,28?/m1/s1. The van der Waals surface area contributed by atoms with E-state index in [1.165, 1.54) is 0 Å². The Morgan fingerprint density at radius 2 is 1.93 bits per heavy atom. The van der Waals surface area contributed by atoms with Gasteiger partial charge in [-0.15, -0.1) is 0 Å². The summed E-state index contributed by atoms with van der Waals surface area (Å²) in [4.78, 5) is 27.7. The molecule has 222 valence electrons. The molecule has 11 heteroatoms. The first-order valence-corrected chi connectivity index (χ1v) is 14.9. The summed E-state index contributed by atoms with van der Waals surface area (Å²) >= 11 is 0. The van der Waals surface area contributed by atoms with Crippen molar-refractivity contribution in [2.75, 3.05) is 44.8 Å². The number of nitrogens with one attached hydrogen (secondary N) is 1. The van der Waals surface area contributed by atoms with E-state index in [0.29, 0.717) is 24.2 Å². The molecule has 1 aliphatic carbocycles. The van der Waals surface area contributed by atoms with Gasteiger partial charge in [0, 0.05) is 69.2 Å². The Hall–Kier alpha value is -4.32. The molecule has 5 heterocycles. The Morgan fingerprint density at radius 3 is 2.70 bits per heavy atom. The molecule has 1 saturated heterocycles. The number of aromatic nitrogens is 5. The van der Waals surface area contributed by atoms with E-state index >= 15 is 0 Å². The number of aliphatic hydroxyl groups excluding tert-OH is 1. The van der Waals surface area contributed by atoms with Gasteiger partial charge in [0.05, 0.1) is 37.3 Å². The maximum Gasteiger partial charge on any atom is 0.257 e. The first-order valence-electron chi connectivity index (χ1n) is 14.9. The van der Waals surface area contributed by atoms with Crippen molar-refractivity contribution in [3.63, 3.8) is 0 Å². The van der Waals surface area contributed by atoms with Crippen molar-refractivity contribution in [3.05, 3.63) is 78.2 Å². The predicted molar refractivity (Wildman–Crippen MR) is 164 cm³/mol. The number of anilines is 1. The van der Waals surface area contributed by atoms with Crippen molar-refractivity contribution in [2.45, 2.75) is 38.1 Å². The number of benzene rings is 1. The van der Waals surface area contributed by atoms with Crippen LogP contribution in [0.4, 0.5) is 5.82 Å². The third-order valence-corrected chi connectivity index (χ3v) is 8.58. The zero-order chi connectivity index (χ0) is 29.3. The second-order valence-corrected chi connectivity index (χ2v) is 11.4. The number of carbonyl (C=O) groups excluding carboxylic acids is 1. The molecular formula is C32H36N8O3. The van der Waals surface area contributed by atoms with Gasteiger partial charge in [-0.3, -0.25) is 9.69 Å². The Morgan fingerprint density at radius 1 is 1.09 bits per heavy atom. The fourth-order valence-electron chi connectivity index (χ4n) is 5.92. The lowest BCUT2D eigenvalue weighted by Crippen LogP contribution is -2.50. The van der Waals surface area contributed by atoms with Gasteiger partial charge in [-0.05, 0) is 30.5 Å². The highest BCUT2D eigenvalue weighted by Gasteiger charge is 2.31. The summed E-state index contributed by atoms with van der Waals surface area (Å²) in [6, 6.07) is 16.1. The van der Waals surface area contributed by atoms with E-state index in [1.807, 2.05) is 43.6 Å². The molecule has 2 aliphatic rings. The van der Waals surface area contributed by atoms with Gasteiger partial charge in [0.1, 0.15) is 17.0 Å². The normalized spacial score (nSPS) is 19.0. The molecular weight excluding hydrogens is 544 g/mol. The first-order chi connectivity index (χ1) is 21.0. The largest absolute Gasteiger partial charge is 0.391 e. The van der Waals surface area contributed by atoms with Crippen LogP contribution in [0.2, 0.25) is 0 Å². The van der Waals surface area contributed by atoms with Crippen molar-refractivity contribution < 1.29 is 14.6 Å². The number of amides is 1. The fourth-order valence-corrected chi connectivity index (χ4v) is 5.92. The van der Waals surface area contributed by atoms with Crippen LogP contribution >= 0.6 is 0 Å². The van der Waals surface area contributed by atoms with E-state index in [-0.39, 0.29) is 11.9 Å². The minimum absolute atomic E-state index is 0.249. The number of pyridine rings is 1. The minimum Gasteiger partial charge on any atom is -0.391 e. The predicted octanol–water partition coefficient (Wildman–Crippen LogP) is 2.97. The van der Waals surface area contributed by atoms with Crippen LogP contribution in [0.3, 0.4) is 0 Å². The van der Waals surface area contributed by atoms with Crippen LogP contribution in [0.5, 0.6) is 0 Å². The van der Waals surface area contributed by atoms with E-state index in [4.69, 9.17) is 14.7 Å². The zero-order valence-corrected chi connectivity index (χ0v) is 24.3. The number of rotatable bonds is 9. The third-order valence-electron chi connectivity index (χ3n) is 8.58. The zero-order valence-electron chi connectivity index (χ0n) is 24.3. The minimum atomic E-state index is -0.516. The second-order valence-electron chi connectivity index (χ2n) is 11.4. The number of fused-ring (bicyclic) bond motifs is 2. The van der Waals surface area contributed by atoms with Crippen molar-refractivity contribution >= 4 is 28.4 Å². The summed E-state index contributed by atoms with van der Waals surface area (Å²) in [5.41, 5.74) is 4.59. The number of aliphatic hydroxyl groups is 1. The summed E-state index contributed by atoms with van der Waals surface area (Å²) in [5, 5.41) is 18.7. The lowest BCUT2D eigenvalue weighted by Gasteiger charge is -2.32. The van der Waals surface area contributed by atoms with Gasteiger partial charge >= 0.3 is 0 Å². The average molecular weight is 581 g/mol. The van der Waals surface area contributed by atoms with E-state index in [2.05, 4.69) is 49.2 Å². The van der Waals surface area contributed by atoms with Gasteiger partial charge in [-0.1, -0.05) is 30.3 Å². The molecule has 1 aromatic carbocycles. The van der Waals surface area contributed by atoms with E-state index in [1.54, 1.807) is 10.7 Å². The lowest BCUT2D eigenvalue weighted by molar-refractivity contribution is 0.0365. The summed E-state index contributed by atoms with van der Waals surface area (Å²) in [6.07, 6.45) is 6.45. The molecule has 2 N–H and O–H groups in total. The Kier molecular flexibility index (Phi) is 7.52. The monoisotopic (exact) mass is 580 g/mol. The molecule has 1 amide bonds. The molecule has 43 heavy (non-hydrogen) atoms. The topological polar surface area (TPSA) is 113 Å². The van der Waals surface area contributed by atoms with Gasteiger partial charge in [0.2, 0.25) is 0 Å². The number of hydrogen-bond acceptors (Lipinski definition) is 8. The van der Waals surface area contributed by atoms with Crippen LogP contribution in [0, 0.1) is 0 Å². The van der Waals surface area contributed by atoms with Gasteiger partial charge in [-0.2, -0.15) is 9.61 Å². The smallest absolute Gasteiger partial charge is 0.257 e. The van der Waals surface area contributed by atoms with Crippen LogP contribution in [0.1, 0.15) is 28.8 Å². The van der Waals surface area contributed by atoms with Crippen LogP contribution in [0.15, 0.2) is 67.1 Å². The van der Waals surface area contributed by atoms with Crippen molar-refractivity contribution in [2.24, 2.45) is 0 Å². The number of carbonyl (C=O) groups is 1. The highest BCUT2D eigenvalue weighted by atomic mass is 16.5. The van der Waals surface area contributed by atoms with Gasteiger partial charge in [0.15, 0.2) is 5.65 Å². The molecule has 0 radical (unpaired) electrons. The number of morpholine rings is 1. The summed E-state index contributed by atoms with van der Waals surface area (Å²) < 4.78 is 9.45. The highest BCUT2D eigenvalue weighted by molar-refractivity contribution is 6.01. The van der Waals surface area contributed by atoms with Gasteiger partial charge in [-0.25, -0.2) is 9.97 Å². The maximum absolute atomic E-state index is 13.4. The number of ether oxygens (including phenoxy) is 1. The molecule has 1 unspecified atom stereocenters. The van der Waals surface area contributed by atoms with Gasteiger partial charge in [0.25, 0.3) is 5.91 Å². The summed E-state index contributed by atoms with van der Waals surface area (Å²) in [5.74, 6) is 0.527. The molecule has 11 nitrogen and oxygen atoms in total. The van der Waals surface area contributed by atoms with Crippen molar-refractivity contribution in [1.82, 2.24) is 34.4 Å². The third kappa shape index (κ3) is 5.47. The van der Waals surface area contributed by atoms with Crippen LogP contribution in [-0.2, 0) is 17.8 Å². The van der Waals surface area contributed by atoms with Crippen molar-refractivity contribution in [1.29, 1.82) is 0 Å². The molecule has 1 aliphatic heterocycles. The molecule has 2 fully saturated rings. The quantitative estimate of drug-likeness (QED) is 0.274. The molecule has 1 saturated carbocycles. The number of hydrogen-bond donors (Lipinski definition) is 2. The second kappa shape index (κ2) is 11.8. The first kappa shape index (κ1) is 27.5. The Balaban J connectivity index is 1.30. The van der Waals surface area contributed by atoms with Gasteiger partial charge < -0.3 is 24.6 Å². The highest BCUT2D eigenvalue weighted by Crippen LogP contribution is 2.32. The molecule has 0 bridgehead atoms. The number of nitrogens with zero attached hydrogens (tertiary/aromatic N) is 7. The average Bonchev–Trinajstić information content (AvgIpc) is 3.64. The fraction of sp³-hybridized carbons (Fsp3) is 0.375. The maximum atomic E-state index is 13.4. The van der Waals surface area contributed by atoms with Crippen LogP contribution in [0.25, 0.3) is 27.9 Å².